The van der Waals surface area contributed by atoms with Crippen LogP contribution in [0, 0.1) is 11.8 Å². The zero-order chi connectivity index (χ0) is 24.6. The lowest BCUT2D eigenvalue weighted by Gasteiger charge is -2.46. The number of hydrogen-bond acceptors (Lipinski definition) is 8. The molecule has 0 aromatic heterocycles. The Balaban J connectivity index is 1.28. The van der Waals surface area contributed by atoms with E-state index in [0.29, 0.717) is 23.7 Å². The number of aliphatic hydroxyl groups is 1. The number of fused-ring (bicyclic) bond motifs is 1. The van der Waals surface area contributed by atoms with Crippen LogP contribution in [0.4, 0.5) is 0 Å². The molecule has 5 atom stereocenters. The minimum Gasteiger partial charge on any atom is -0.477 e. The summed E-state index contributed by atoms with van der Waals surface area (Å²) in [5.41, 5.74) is 0.128. The van der Waals surface area contributed by atoms with Crippen LogP contribution < -0.4 is 5.32 Å². The number of nitrogens with one attached hydrogen (secondary N) is 1. The molecule has 0 aromatic rings. The van der Waals surface area contributed by atoms with E-state index >= 15 is 0 Å². The molecule has 5 N–H and O–H groups in total. The first-order chi connectivity index (χ1) is 16.2. The van der Waals surface area contributed by atoms with E-state index in [1.165, 1.54) is 4.90 Å². The molecule has 0 bridgehead atoms. The molecule has 0 unspecified atom stereocenters. The molecule has 1 saturated carbocycles. The number of rotatable bonds is 10. The quantitative estimate of drug-likeness (QED) is 0.169. The van der Waals surface area contributed by atoms with Crippen LogP contribution in [0.1, 0.15) is 52.4 Å². The van der Waals surface area contributed by atoms with Crippen LogP contribution >= 0.6 is 11.8 Å². The SMILES string of the molecule is C[C@@H](O)[C@H]1C(=O)N2C(C(=O)O)=C(S[C@@H]3CCN(C4CCC(NCCCB(O)O)CC4)C3)[C@H](C)[C@H]12. The molecule has 34 heavy (non-hydrogen) atoms. The smallest absolute Gasteiger partial charge is 0.451 e. The molecular formula is C23H38BN3O6S. The van der Waals surface area contributed by atoms with Gasteiger partial charge in [-0.25, -0.2) is 4.79 Å². The first-order valence-corrected chi connectivity index (χ1v) is 13.6. The molecule has 11 heteroatoms. The first-order valence-electron chi connectivity index (χ1n) is 12.7. The fraction of sp³-hybridized carbons (Fsp3) is 0.826. The van der Waals surface area contributed by atoms with Crippen molar-refractivity contribution in [2.75, 3.05) is 19.6 Å². The number of carbonyl (C=O) groups is 2. The Morgan fingerprint density at radius 1 is 1.24 bits per heavy atom. The highest BCUT2D eigenvalue weighted by molar-refractivity contribution is 8.03. The molecule has 1 amide bonds. The molecule has 9 nitrogen and oxygen atoms in total. The highest BCUT2D eigenvalue weighted by atomic mass is 32.2. The lowest BCUT2D eigenvalue weighted by Crippen LogP contribution is -2.63. The number of aliphatic carboxylic acids is 1. The summed E-state index contributed by atoms with van der Waals surface area (Å²) in [5.74, 6) is -1.91. The summed E-state index contributed by atoms with van der Waals surface area (Å²) in [4.78, 5) is 29.3. The van der Waals surface area contributed by atoms with Gasteiger partial charge in [0.05, 0.1) is 18.1 Å². The van der Waals surface area contributed by atoms with E-state index in [9.17, 15) is 19.8 Å². The zero-order valence-electron chi connectivity index (χ0n) is 20.1. The van der Waals surface area contributed by atoms with Crippen molar-refractivity contribution < 1.29 is 29.9 Å². The molecule has 0 radical (unpaired) electrons. The van der Waals surface area contributed by atoms with E-state index < -0.39 is 25.1 Å². The number of nitrogens with zero attached hydrogens (tertiary/aromatic N) is 2. The predicted molar refractivity (Wildman–Crippen MR) is 131 cm³/mol. The van der Waals surface area contributed by atoms with Gasteiger partial charge in [0, 0.05) is 34.7 Å². The van der Waals surface area contributed by atoms with E-state index in [-0.39, 0.29) is 23.6 Å². The second-order valence-corrected chi connectivity index (χ2v) is 11.7. The summed E-state index contributed by atoms with van der Waals surface area (Å²) < 4.78 is 0. The highest BCUT2D eigenvalue weighted by Gasteiger charge is 2.60. The summed E-state index contributed by atoms with van der Waals surface area (Å²) in [6, 6.07) is 0.798. The highest BCUT2D eigenvalue weighted by Crippen LogP contribution is 2.52. The van der Waals surface area contributed by atoms with Crippen molar-refractivity contribution in [2.24, 2.45) is 11.8 Å². The van der Waals surface area contributed by atoms with Crippen LogP contribution in [-0.4, -0.2) is 98.2 Å². The number of likely N-dealkylation sites (tertiary alicyclic amines) is 1. The van der Waals surface area contributed by atoms with Gasteiger partial charge in [-0.1, -0.05) is 6.92 Å². The number of aliphatic hydroxyl groups excluding tert-OH is 1. The van der Waals surface area contributed by atoms with Crippen molar-refractivity contribution in [1.29, 1.82) is 0 Å². The minimum atomic E-state index is -1.22. The van der Waals surface area contributed by atoms with Crippen molar-refractivity contribution in [1.82, 2.24) is 15.1 Å². The lowest BCUT2D eigenvalue weighted by molar-refractivity contribution is -0.163. The molecule has 3 aliphatic heterocycles. The fourth-order valence-corrected chi connectivity index (χ4v) is 7.78. The van der Waals surface area contributed by atoms with E-state index in [1.54, 1.807) is 18.7 Å². The maximum absolute atomic E-state index is 12.5. The van der Waals surface area contributed by atoms with Gasteiger partial charge in [0.2, 0.25) is 5.91 Å². The number of β-lactam (4-membered cyclic amide) rings is 1. The third kappa shape index (κ3) is 5.20. The zero-order valence-corrected chi connectivity index (χ0v) is 20.9. The number of amides is 1. The topological polar surface area (TPSA) is 134 Å². The average molecular weight is 495 g/mol. The Hall–Kier alpha value is -1.11. The molecule has 190 valence electrons. The number of carboxylic acid groups (broad SMARTS) is 1. The van der Waals surface area contributed by atoms with E-state index in [4.69, 9.17) is 10.0 Å². The van der Waals surface area contributed by atoms with Crippen LogP contribution in [0.2, 0.25) is 6.32 Å². The summed E-state index contributed by atoms with van der Waals surface area (Å²) in [5, 5.41) is 41.6. The molecule has 4 rings (SSSR count). The number of carbonyl (C=O) groups excluding carboxylic acids is 1. The van der Waals surface area contributed by atoms with Gasteiger partial charge in [-0.3, -0.25) is 9.69 Å². The van der Waals surface area contributed by atoms with E-state index in [0.717, 1.165) is 63.1 Å². The Kier molecular flexibility index (Phi) is 8.31. The molecule has 3 heterocycles. The fourth-order valence-electron chi connectivity index (χ4n) is 6.28. The van der Waals surface area contributed by atoms with Gasteiger partial charge in [-0.05, 0) is 64.9 Å². The number of carboxylic acids is 1. The van der Waals surface area contributed by atoms with Gasteiger partial charge in [0.1, 0.15) is 5.70 Å². The maximum Gasteiger partial charge on any atom is 0.451 e. The van der Waals surface area contributed by atoms with Gasteiger partial charge in [-0.2, -0.15) is 0 Å². The number of thioether (sulfide) groups is 1. The number of hydrogen-bond donors (Lipinski definition) is 5. The standard InChI is InChI=1S/C23H38BN3O6S/c1-13-19-18(14(2)28)22(29)27(19)20(23(30)31)21(13)34-17-8-11-26(12-17)16-6-4-15(5-7-16)25-10-3-9-24(32)33/h13-19,25,28,32-33H,3-12H2,1-2H3,(H,30,31)/t13-,14-,15?,16?,17-,18-,19-/m1/s1. The van der Waals surface area contributed by atoms with E-state index in [1.807, 2.05) is 6.92 Å². The Morgan fingerprint density at radius 3 is 2.56 bits per heavy atom. The van der Waals surface area contributed by atoms with Crippen molar-refractivity contribution in [3.05, 3.63) is 10.6 Å². The molecule has 3 fully saturated rings. The van der Waals surface area contributed by atoms with Crippen LogP contribution in [0.5, 0.6) is 0 Å². The third-order valence-corrected chi connectivity index (χ3v) is 9.60. The third-order valence-electron chi connectivity index (χ3n) is 8.07. The van der Waals surface area contributed by atoms with E-state index in [2.05, 4.69) is 10.2 Å². The summed E-state index contributed by atoms with van der Waals surface area (Å²) in [7, 11) is -1.22. The van der Waals surface area contributed by atoms with Crippen molar-refractivity contribution in [2.45, 2.75) is 88.2 Å². The van der Waals surface area contributed by atoms with Crippen LogP contribution in [0.25, 0.3) is 0 Å². The second-order valence-electron chi connectivity index (χ2n) is 10.4. The van der Waals surface area contributed by atoms with Crippen molar-refractivity contribution >= 4 is 30.8 Å². The Bertz CT molecular complexity index is 804. The minimum absolute atomic E-state index is 0.0732. The monoisotopic (exact) mass is 495 g/mol. The second kappa shape index (κ2) is 10.9. The molecule has 0 spiro atoms. The molecular weight excluding hydrogens is 457 g/mol. The van der Waals surface area contributed by atoms with Crippen LogP contribution in [-0.2, 0) is 9.59 Å². The average Bonchev–Trinajstić information content (AvgIpc) is 3.33. The summed E-state index contributed by atoms with van der Waals surface area (Å²) in [6.45, 7) is 6.35. The van der Waals surface area contributed by atoms with Crippen molar-refractivity contribution in [3.63, 3.8) is 0 Å². The van der Waals surface area contributed by atoms with Crippen LogP contribution in [0.3, 0.4) is 0 Å². The van der Waals surface area contributed by atoms with Gasteiger partial charge < -0.3 is 30.5 Å². The van der Waals surface area contributed by atoms with Crippen LogP contribution in [0.15, 0.2) is 10.6 Å². The maximum atomic E-state index is 12.5. The molecule has 1 aliphatic carbocycles. The summed E-state index contributed by atoms with van der Waals surface area (Å²) >= 11 is 1.64. The summed E-state index contributed by atoms with van der Waals surface area (Å²) in [6.07, 6.45) is 5.90. The van der Waals surface area contributed by atoms with Gasteiger partial charge >= 0.3 is 13.1 Å². The predicted octanol–water partition coefficient (Wildman–Crippen LogP) is 0.711. The Labute approximate surface area is 206 Å². The lowest BCUT2D eigenvalue weighted by atomic mass is 9.79. The molecule has 4 aliphatic rings. The molecule has 2 saturated heterocycles. The van der Waals surface area contributed by atoms with Gasteiger partial charge in [0.25, 0.3) is 0 Å². The largest absolute Gasteiger partial charge is 0.477 e. The molecule has 0 aromatic carbocycles. The normalized spacial score (nSPS) is 34.9. The van der Waals surface area contributed by atoms with Gasteiger partial charge in [0.15, 0.2) is 0 Å². The van der Waals surface area contributed by atoms with Gasteiger partial charge in [-0.15, -0.1) is 11.8 Å². The first kappa shape index (κ1) is 26.0. The van der Waals surface area contributed by atoms with Crippen molar-refractivity contribution in [3.8, 4) is 0 Å². The Morgan fingerprint density at radius 2 is 1.94 bits per heavy atom.